The standard InChI is InChI=1S/C24H27N5O4S2/c1-2-33-24(30)17-7-11-28(12-8-17)23-19-16-29(35(31,32)21-6-4-14-34-21)13-9-20(19)26-22(27-23)18-5-3-10-25-15-18/h3-6,10,14-15,17H,2,7-9,11-13,16H2,1H3. The third-order valence-corrected chi connectivity index (χ3v) is 9.64. The Labute approximate surface area is 208 Å². The van der Waals surface area contributed by atoms with E-state index in [1.165, 1.54) is 15.6 Å². The number of nitrogens with zero attached hydrogens (tertiary/aromatic N) is 5. The first-order valence-electron chi connectivity index (χ1n) is 11.7. The molecule has 11 heteroatoms. The van der Waals surface area contributed by atoms with Crippen molar-refractivity contribution in [3.8, 4) is 11.4 Å². The lowest BCUT2D eigenvalue weighted by Crippen LogP contribution is -2.41. The summed E-state index contributed by atoms with van der Waals surface area (Å²) < 4.78 is 33.5. The second-order valence-electron chi connectivity index (χ2n) is 8.57. The fraction of sp³-hybridized carbons (Fsp3) is 0.417. The van der Waals surface area contributed by atoms with Gasteiger partial charge in [0.25, 0.3) is 10.0 Å². The molecule has 9 nitrogen and oxygen atoms in total. The molecule has 0 aliphatic carbocycles. The lowest BCUT2D eigenvalue weighted by atomic mass is 9.96. The quantitative estimate of drug-likeness (QED) is 0.463. The highest BCUT2D eigenvalue weighted by Gasteiger charge is 2.34. The number of pyridine rings is 1. The third-order valence-electron chi connectivity index (χ3n) is 6.43. The SMILES string of the molecule is CCOC(=O)C1CCN(c2nc(-c3cccnc3)nc3c2CN(S(=O)(=O)c2cccs2)CC3)CC1. The molecule has 0 radical (unpaired) electrons. The molecule has 2 aliphatic rings. The minimum Gasteiger partial charge on any atom is -0.466 e. The molecule has 1 saturated heterocycles. The van der Waals surface area contributed by atoms with E-state index in [1.807, 2.05) is 19.1 Å². The van der Waals surface area contributed by atoms with Gasteiger partial charge in [0, 0.05) is 56.1 Å². The first kappa shape index (κ1) is 23.8. The van der Waals surface area contributed by atoms with Crippen molar-refractivity contribution < 1.29 is 17.9 Å². The van der Waals surface area contributed by atoms with Crippen molar-refractivity contribution in [1.82, 2.24) is 19.3 Å². The molecule has 0 bridgehead atoms. The van der Waals surface area contributed by atoms with Crippen LogP contribution in [0.25, 0.3) is 11.4 Å². The zero-order valence-corrected chi connectivity index (χ0v) is 21.1. The zero-order valence-electron chi connectivity index (χ0n) is 19.5. The number of hydrogen-bond acceptors (Lipinski definition) is 9. The van der Waals surface area contributed by atoms with E-state index in [9.17, 15) is 13.2 Å². The lowest BCUT2D eigenvalue weighted by Gasteiger charge is -2.35. The summed E-state index contributed by atoms with van der Waals surface area (Å²) in [5.41, 5.74) is 2.50. The Morgan fingerprint density at radius 1 is 1.17 bits per heavy atom. The summed E-state index contributed by atoms with van der Waals surface area (Å²) in [4.78, 5) is 28.3. The van der Waals surface area contributed by atoms with E-state index in [0.29, 0.717) is 55.5 Å². The molecule has 1 fully saturated rings. The molecule has 3 aromatic heterocycles. The smallest absolute Gasteiger partial charge is 0.309 e. The van der Waals surface area contributed by atoms with Crippen LogP contribution in [0.4, 0.5) is 5.82 Å². The minimum atomic E-state index is -3.59. The fourth-order valence-electron chi connectivity index (χ4n) is 4.59. The monoisotopic (exact) mass is 513 g/mol. The van der Waals surface area contributed by atoms with Crippen LogP contribution in [0.1, 0.15) is 31.0 Å². The van der Waals surface area contributed by atoms with Gasteiger partial charge in [0.2, 0.25) is 0 Å². The number of esters is 1. The number of thiophene rings is 1. The van der Waals surface area contributed by atoms with Gasteiger partial charge in [-0.15, -0.1) is 11.3 Å². The summed E-state index contributed by atoms with van der Waals surface area (Å²) in [6, 6.07) is 7.15. The summed E-state index contributed by atoms with van der Waals surface area (Å²) in [7, 11) is -3.59. The molecule has 3 aromatic rings. The maximum Gasteiger partial charge on any atom is 0.309 e. The van der Waals surface area contributed by atoms with Crippen LogP contribution < -0.4 is 4.90 Å². The number of hydrogen-bond donors (Lipinski definition) is 0. The molecule has 2 aliphatic heterocycles. The average Bonchev–Trinajstić information content (AvgIpc) is 3.45. The second kappa shape index (κ2) is 10.00. The Morgan fingerprint density at radius 2 is 2.00 bits per heavy atom. The maximum atomic E-state index is 13.2. The molecular weight excluding hydrogens is 486 g/mol. The van der Waals surface area contributed by atoms with Gasteiger partial charge in [-0.3, -0.25) is 9.78 Å². The number of rotatable bonds is 6. The summed E-state index contributed by atoms with van der Waals surface area (Å²) in [6.45, 7) is 4.04. The lowest BCUT2D eigenvalue weighted by molar-refractivity contribution is -0.148. The van der Waals surface area contributed by atoms with E-state index >= 15 is 0 Å². The normalized spacial score (nSPS) is 17.2. The van der Waals surface area contributed by atoms with Crippen molar-refractivity contribution in [2.75, 3.05) is 31.1 Å². The molecule has 0 saturated carbocycles. The fourth-order valence-corrected chi connectivity index (χ4v) is 7.14. The van der Waals surface area contributed by atoms with Gasteiger partial charge in [-0.2, -0.15) is 4.31 Å². The van der Waals surface area contributed by atoms with Gasteiger partial charge in [0.05, 0.1) is 18.2 Å². The van der Waals surface area contributed by atoms with Gasteiger partial charge in [0.1, 0.15) is 10.0 Å². The number of carbonyl (C=O) groups excluding carboxylic acids is 1. The first-order valence-corrected chi connectivity index (χ1v) is 14.0. The van der Waals surface area contributed by atoms with Crippen molar-refractivity contribution in [2.24, 2.45) is 5.92 Å². The van der Waals surface area contributed by atoms with Gasteiger partial charge >= 0.3 is 5.97 Å². The number of piperidine rings is 1. The van der Waals surface area contributed by atoms with Crippen molar-refractivity contribution in [3.05, 3.63) is 53.3 Å². The molecule has 0 unspecified atom stereocenters. The molecule has 0 aromatic carbocycles. The van der Waals surface area contributed by atoms with Crippen molar-refractivity contribution >= 4 is 33.1 Å². The molecule has 35 heavy (non-hydrogen) atoms. The van der Waals surface area contributed by atoms with Crippen LogP contribution in [0.5, 0.6) is 0 Å². The third kappa shape index (κ3) is 4.80. The summed E-state index contributed by atoms with van der Waals surface area (Å²) in [5.74, 6) is 1.04. The van der Waals surface area contributed by atoms with E-state index in [1.54, 1.807) is 29.9 Å². The van der Waals surface area contributed by atoms with Gasteiger partial charge in [-0.05, 0) is 43.3 Å². The average molecular weight is 514 g/mol. The van der Waals surface area contributed by atoms with E-state index in [0.717, 1.165) is 22.6 Å². The van der Waals surface area contributed by atoms with E-state index in [-0.39, 0.29) is 18.4 Å². The zero-order chi connectivity index (χ0) is 24.4. The van der Waals surface area contributed by atoms with Crippen LogP contribution in [0.15, 0.2) is 46.2 Å². The molecule has 0 spiro atoms. The number of aromatic nitrogens is 3. The maximum absolute atomic E-state index is 13.2. The van der Waals surface area contributed by atoms with E-state index < -0.39 is 10.0 Å². The van der Waals surface area contributed by atoms with Crippen molar-refractivity contribution in [1.29, 1.82) is 0 Å². The van der Waals surface area contributed by atoms with Crippen LogP contribution >= 0.6 is 11.3 Å². The van der Waals surface area contributed by atoms with Crippen LogP contribution in [0.2, 0.25) is 0 Å². The Morgan fingerprint density at radius 3 is 2.69 bits per heavy atom. The second-order valence-corrected chi connectivity index (χ2v) is 11.7. The van der Waals surface area contributed by atoms with Crippen LogP contribution in [0, 0.1) is 5.92 Å². The Hall–Kier alpha value is -2.89. The molecular formula is C24H27N5O4S2. The topological polar surface area (TPSA) is 106 Å². The highest BCUT2D eigenvalue weighted by molar-refractivity contribution is 7.91. The molecule has 0 amide bonds. The predicted octanol–water partition coefficient (Wildman–Crippen LogP) is 3.13. The minimum absolute atomic E-state index is 0.127. The molecule has 184 valence electrons. The van der Waals surface area contributed by atoms with Crippen molar-refractivity contribution in [3.63, 3.8) is 0 Å². The predicted molar refractivity (Wildman–Crippen MR) is 132 cm³/mol. The number of ether oxygens (including phenoxy) is 1. The molecule has 5 heterocycles. The van der Waals surface area contributed by atoms with Gasteiger partial charge in [0.15, 0.2) is 5.82 Å². The molecule has 0 N–H and O–H groups in total. The highest BCUT2D eigenvalue weighted by Crippen LogP contribution is 2.34. The summed E-state index contributed by atoms with van der Waals surface area (Å²) in [5, 5.41) is 1.77. The Kier molecular flexibility index (Phi) is 6.81. The first-order chi connectivity index (χ1) is 17.0. The Bertz CT molecular complexity index is 1290. The van der Waals surface area contributed by atoms with Crippen LogP contribution in [-0.4, -0.2) is 59.9 Å². The van der Waals surface area contributed by atoms with E-state index in [4.69, 9.17) is 14.7 Å². The molecule has 0 atom stereocenters. The summed E-state index contributed by atoms with van der Waals surface area (Å²) >= 11 is 1.22. The molecule has 5 rings (SSSR count). The largest absolute Gasteiger partial charge is 0.466 e. The number of anilines is 1. The van der Waals surface area contributed by atoms with Crippen molar-refractivity contribution in [2.45, 2.75) is 36.9 Å². The van der Waals surface area contributed by atoms with Gasteiger partial charge < -0.3 is 9.64 Å². The number of sulfonamides is 1. The van der Waals surface area contributed by atoms with E-state index in [2.05, 4.69) is 9.88 Å². The summed E-state index contributed by atoms with van der Waals surface area (Å²) in [6.07, 6.45) is 5.27. The Balaban J connectivity index is 1.49. The number of carbonyl (C=O) groups is 1. The van der Waals surface area contributed by atoms with Gasteiger partial charge in [-0.25, -0.2) is 18.4 Å². The van der Waals surface area contributed by atoms with Gasteiger partial charge in [-0.1, -0.05) is 6.07 Å². The number of fused-ring (bicyclic) bond motifs is 1. The van der Waals surface area contributed by atoms with Crippen LogP contribution in [-0.2, 0) is 32.5 Å². The highest BCUT2D eigenvalue weighted by atomic mass is 32.2. The van der Waals surface area contributed by atoms with Crippen LogP contribution in [0.3, 0.4) is 0 Å².